The van der Waals surface area contributed by atoms with Crippen molar-refractivity contribution in [3.8, 4) is 5.75 Å². The monoisotopic (exact) mass is 199 g/mol. The second-order valence-electron chi connectivity index (χ2n) is 2.99. The minimum Gasteiger partial charge on any atom is -0.496 e. The van der Waals surface area contributed by atoms with E-state index in [1.807, 2.05) is 0 Å². The molecule has 14 heavy (non-hydrogen) atoms. The highest BCUT2D eigenvalue weighted by atomic mass is 19.1. The van der Waals surface area contributed by atoms with Crippen molar-refractivity contribution in [2.45, 2.75) is 12.7 Å². The average molecular weight is 199 g/mol. The van der Waals surface area contributed by atoms with Gasteiger partial charge in [-0.05, 0) is 17.7 Å². The summed E-state index contributed by atoms with van der Waals surface area (Å²) in [5.41, 5.74) is 6.76. The lowest BCUT2D eigenvalue weighted by Gasteiger charge is -2.11. The molecule has 0 saturated heterocycles. The number of hydrogen-bond donors (Lipinski definition) is 2. The summed E-state index contributed by atoms with van der Waals surface area (Å²) >= 11 is 0. The maximum Gasteiger partial charge on any atom is 0.124 e. The first kappa shape index (κ1) is 10.9. The van der Waals surface area contributed by atoms with Crippen LogP contribution in [0.4, 0.5) is 4.39 Å². The van der Waals surface area contributed by atoms with E-state index < -0.39 is 12.7 Å². The molecule has 0 aliphatic carbocycles. The van der Waals surface area contributed by atoms with E-state index in [0.717, 1.165) is 0 Å². The van der Waals surface area contributed by atoms with Crippen molar-refractivity contribution in [3.05, 3.63) is 29.3 Å². The molecule has 0 amide bonds. The number of ether oxygens (including phenoxy) is 1. The largest absolute Gasteiger partial charge is 0.496 e. The maximum atomic E-state index is 12.5. The topological polar surface area (TPSA) is 55.5 Å². The highest BCUT2D eigenvalue weighted by Crippen LogP contribution is 2.23. The van der Waals surface area contributed by atoms with Crippen molar-refractivity contribution in [1.82, 2.24) is 0 Å². The molecule has 0 fully saturated rings. The van der Waals surface area contributed by atoms with Crippen LogP contribution >= 0.6 is 0 Å². The van der Waals surface area contributed by atoms with Crippen LogP contribution in [0.25, 0.3) is 0 Å². The van der Waals surface area contributed by atoms with E-state index in [-0.39, 0.29) is 6.61 Å². The Labute approximate surface area is 82.3 Å². The number of halogens is 1. The van der Waals surface area contributed by atoms with Crippen LogP contribution < -0.4 is 10.5 Å². The fraction of sp³-hybridized carbons (Fsp3) is 0.400. The zero-order chi connectivity index (χ0) is 10.6. The van der Waals surface area contributed by atoms with Crippen LogP contribution in [0.15, 0.2) is 18.2 Å². The van der Waals surface area contributed by atoms with Crippen LogP contribution in [0, 0.1) is 0 Å². The van der Waals surface area contributed by atoms with E-state index in [1.165, 1.54) is 7.11 Å². The fourth-order valence-corrected chi connectivity index (χ4v) is 1.24. The molecule has 0 saturated carbocycles. The van der Waals surface area contributed by atoms with Gasteiger partial charge >= 0.3 is 0 Å². The van der Waals surface area contributed by atoms with Crippen molar-refractivity contribution in [1.29, 1.82) is 0 Å². The molecule has 3 nitrogen and oxygen atoms in total. The molecule has 0 bridgehead atoms. The smallest absolute Gasteiger partial charge is 0.124 e. The summed E-state index contributed by atoms with van der Waals surface area (Å²) in [6, 6.07) is 4.52. The van der Waals surface area contributed by atoms with Gasteiger partial charge in [-0.2, -0.15) is 0 Å². The Balaban J connectivity index is 3.01. The molecule has 0 radical (unpaired) electrons. The Morgan fingerprint density at radius 2 is 2.29 bits per heavy atom. The Morgan fingerprint density at radius 3 is 2.79 bits per heavy atom. The Hall–Kier alpha value is -1.13. The van der Waals surface area contributed by atoms with Gasteiger partial charge in [0.25, 0.3) is 0 Å². The van der Waals surface area contributed by atoms with E-state index in [1.54, 1.807) is 18.2 Å². The van der Waals surface area contributed by atoms with E-state index >= 15 is 0 Å². The number of rotatable bonds is 4. The van der Waals surface area contributed by atoms with E-state index in [2.05, 4.69) is 0 Å². The lowest BCUT2D eigenvalue weighted by atomic mass is 10.0. The van der Waals surface area contributed by atoms with Crippen LogP contribution in [-0.2, 0) is 6.67 Å². The van der Waals surface area contributed by atoms with Crippen molar-refractivity contribution in [2.75, 3.05) is 13.7 Å². The molecular weight excluding hydrogens is 185 g/mol. The van der Waals surface area contributed by atoms with Gasteiger partial charge in [-0.15, -0.1) is 0 Å². The van der Waals surface area contributed by atoms with Crippen LogP contribution in [0.5, 0.6) is 5.75 Å². The lowest BCUT2D eigenvalue weighted by Crippen LogP contribution is -2.14. The molecule has 3 N–H and O–H groups in total. The Bertz CT molecular complexity index is 304. The van der Waals surface area contributed by atoms with Gasteiger partial charge in [0.1, 0.15) is 12.4 Å². The van der Waals surface area contributed by atoms with E-state index in [4.69, 9.17) is 15.6 Å². The van der Waals surface area contributed by atoms with Crippen LogP contribution in [0.1, 0.15) is 17.2 Å². The molecule has 4 heteroatoms. The first-order chi connectivity index (χ1) is 6.72. The molecular formula is C10H14FNO2. The molecule has 0 heterocycles. The van der Waals surface area contributed by atoms with E-state index in [0.29, 0.717) is 16.9 Å². The zero-order valence-electron chi connectivity index (χ0n) is 8.03. The summed E-state index contributed by atoms with van der Waals surface area (Å²) in [4.78, 5) is 0. The average Bonchev–Trinajstić information content (AvgIpc) is 2.26. The fourth-order valence-electron chi connectivity index (χ4n) is 1.24. The lowest BCUT2D eigenvalue weighted by molar-refractivity contribution is 0.267. The number of aliphatic hydroxyl groups is 1. The predicted octanol–water partition coefficient (Wildman–Crippen LogP) is 1.16. The number of benzene rings is 1. The summed E-state index contributed by atoms with van der Waals surface area (Å²) in [6.45, 7) is -0.757. The standard InChI is InChI=1S/C10H14FNO2/c1-14-10-3-2-7(9(12)6-13)4-8(10)5-11/h2-4,9,13H,5-6,12H2,1H3. The maximum absolute atomic E-state index is 12.5. The quantitative estimate of drug-likeness (QED) is 0.765. The number of methoxy groups -OCH3 is 1. The molecule has 0 aliphatic heterocycles. The minimum absolute atomic E-state index is 0.155. The van der Waals surface area contributed by atoms with Crippen molar-refractivity contribution in [2.24, 2.45) is 5.73 Å². The molecule has 1 aromatic rings. The molecule has 78 valence electrons. The van der Waals surface area contributed by atoms with Crippen LogP contribution in [-0.4, -0.2) is 18.8 Å². The molecule has 1 aromatic carbocycles. The summed E-state index contributed by atoms with van der Waals surface area (Å²) in [7, 11) is 1.49. The second-order valence-corrected chi connectivity index (χ2v) is 2.99. The van der Waals surface area contributed by atoms with Gasteiger partial charge in [0.2, 0.25) is 0 Å². The first-order valence-corrected chi connectivity index (χ1v) is 4.32. The zero-order valence-corrected chi connectivity index (χ0v) is 8.03. The third-order valence-corrected chi connectivity index (χ3v) is 2.07. The van der Waals surface area contributed by atoms with Crippen LogP contribution in [0.3, 0.4) is 0 Å². The molecule has 0 aromatic heterocycles. The molecule has 0 aliphatic rings. The molecule has 1 unspecified atom stereocenters. The van der Waals surface area contributed by atoms with Crippen molar-refractivity contribution >= 4 is 0 Å². The number of alkyl halides is 1. The predicted molar refractivity (Wildman–Crippen MR) is 51.8 cm³/mol. The van der Waals surface area contributed by atoms with E-state index in [9.17, 15) is 4.39 Å². The Morgan fingerprint density at radius 1 is 1.57 bits per heavy atom. The first-order valence-electron chi connectivity index (χ1n) is 4.32. The summed E-state index contributed by atoms with van der Waals surface area (Å²) in [6.07, 6.45) is 0. The third-order valence-electron chi connectivity index (χ3n) is 2.07. The highest BCUT2D eigenvalue weighted by Gasteiger charge is 2.08. The number of hydrogen-bond acceptors (Lipinski definition) is 3. The van der Waals surface area contributed by atoms with Crippen molar-refractivity contribution in [3.63, 3.8) is 0 Å². The second kappa shape index (κ2) is 4.93. The van der Waals surface area contributed by atoms with Gasteiger partial charge < -0.3 is 15.6 Å². The summed E-state index contributed by atoms with van der Waals surface area (Å²) in [5.74, 6) is 0.501. The minimum atomic E-state index is -0.602. The van der Waals surface area contributed by atoms with Crippen molar-refractivity contribution < 1.29 is 14.2 Å². The van der Waals surface area contributed by atoms with Gasteiger partial charge in [0.15, 0.2) is 0 Å². The van der Waals surface area contributed by atoms with Gasteiger partial charge in [0, 0.05) is 5.56 Å². The Kier molecular flexibility index (Phi) is 3.85. The summed E-state index contributed by atoms with van der Waals surface area (Å²) in [5, 5.41) is 8.83. The molecule has 0 spiro atoms. The summed E-state index contributed by atoms with van der Waals surface area (Å²) < 4.78 is 17.5. The third kappa shape index (κ3) is 2.21. The van der Waals surface area contributed by atoms with Gasteiger partial charge in [-0.3, -0.25) is 0 Å². The SMILES string of the molecule is COc1ccc(C(N)CO)cc1CF. The number of aliphatic hydroxyl groups excluding tert-OH is 1. The van der Waals surface area contributed by atoms with Gasteiger partial charge in [-0.25, -0.2) is 4.39 Å². The van der Waals surface area contributed by atoms with Gasteiger partial charge in [-0.1, -0.05) is 6.07 Å². The van der Waals surface area contributed by atoms with Crippen LogP contribution in [0.2, 0.25) is 0 Å². The highest BCUT2D eigenvalue weighted by molar-refractivity contribution is 5.38. The molecule has 1 rings (SSSR count). The normalized spacial score (nSPS) is 12.6. The van der Waals surface area contributed by atoms with Gasteiger partial charge in [0.05, 0.1) is 19.8 Å². The number of nitrogens with two attached hydrogens (primary N) is 1. The molecule has 1 atom stereocenters.